The number of thiophene rings is 1. The Labute approximate surface area is 150 Å². The van der Waals surface area contributed by atoms with Gasteiger partial charge in [-0.1, -0.05) is 12.1 Å². The first-order chi connectivity index (χ1) is 11.9. The number of sulfonamides is 1. The van der Waals surface area contributed by atoms with E-state index in [0.29, 0.717) is 10.4 Å². The van der Waals surface area contributed by atoms with E-state index < -0.39 is 10.0 Å². The maximum atomic E-state index is 12.5. The third-order valence-electron chi connectivity index (χ3n) is 3.70. The molecule has 0 aliphatic carbocycles. The number of ketones is 1. The standard InChI is InChI=1S/C18H17NO4S2/c1-12-5-6-13(2)17(10-12)25(21,22)19-11-14-7-8-16(24-14)18(20)15-4-3-9-23-15/h3-10,19H,11H2,1-2H3. The summed E-state index contributed by atoms with van der Waals surface area (Å²) in [6, 6.07) is 12.0. The van der Waals surface area contributed by atoms with E-state index in [0.717, 1.165) is 10.4 Å². The SMILES string of the molecule is Cc1ccc(C)c(S(=O)(=O)NCc2ccc(C(=O)c3ccco3)s2)c1. The van der Waals surface area contributed by atoms with E-state index in [-0.39, 0.29) is 23.0 Å². The van der Waals surface area contributed by atoms with Gasteiger partial charge in [0.1, 0.15) is 0 Å². The Kier molecular flexibility index (Phi) is 4.89. The van der Waals surface area contributed by atoms with Gasteiger partial charge in [-0.2, -0.15) is 0 Å². The molecule has 25 heavy (non-hydrogen) atoms. The van der Waals surface area contributed by atoms with Crippen molar-refractivity contribution in [2.24, 2.45) is 0 Å². The van der Waals surface area contributed by atoms with Crippen LogP contribution in [-0.4, -0.2) is 14.2 Å². The Morgan fingerprint density at radius 1 is 1.16 bits per heavy atom. The summed E-state index contributed by atoms with van der Waals surface area (Å²) in [5.41, 5.74) is 1.58. The summed E-state index contributed by atoms with van der Waals surface area (Å²) in [6.07, 6.45) is 1.44. The van der Waals surface area contributed by atoms with Crippen molar-refractivity contribution in [3.8, 4) is 0 Å². The summed E-state index contributed by atoms with van der Waals surface area (Å²) < 4.78 is 32.7. The average Bonchev–Trinajstić information content (AvgIpc) is 3.26. The first kappa shape index (κ1) is 17.6. The topological polar surface area (TPSA) is 76.4 Å². The predicted octanol–water partition coefficient (Wildman–Crippen LogP) is 3.67. The highest BCUT2D eigenvalue weighted by Gasteiger charge is 2.18. The Morgan fingerprint density at radius 2 is 1.96 bits per heavy atom. The average molecular weight is 375 g/mol. The lowest BCUT2D eigenvalue weighted by molar-refractivity contribution is 0.101. The zero-order valence-corrected chi connectivity index (χ0v) is 15.4. The van der Waals surface area contributed by atoms with Gasteiger partial charge in [0.05, 0.1) is 16.0 Å². The van der Waals surface area contributed by atoms with E-state index >= 15 is 0 Å². The Hall–Kier alpha value is -2.22. The number of benzene rings is 1. The quantitative estimate of drug-likeness (QED) is 0.667. The molecule has 5 nitrogen and oxygen atoms in total. The molecule has 0 fully saturated rings. The molecule has 3 aromatic rings. The molecule has 0 amide bonds. The minimum Gasteiger partial charge on any atom is -0.461 e. The Morgan fingerprint density at radius 3 is 2.68 bits per heavy atom. The third kappa shape index (κ3) is 3.89. The van der Waals surface area contributed by atoms with Crippen LogP contribution in [-0.2, 0) is 16.6 Å². The summed E-state index contributed by atoms with van der Waals surface area (Å²) >= 11 is 1.25. The molecule has 2 heterocycles. The second-order valence-electron chi connectivity index (χ2n) is 5.67. The van der Waals surface area contributed by atoms with Gasteiger partial charge >= 0.3 is 0 Å². The van der Waals surface area contributed by atoms with Gasteiger partial charge < -0.3 is 4.42 Å². The predicted molar refractivity (Wildman–Crippen MR) is 96.4 cm³/mol. The summed E-state index contributed by atoms with van der Waals surface area (Å²) in [7, 11) is -3.61. The zero-order chi connectivity index (χ0) is 18.0. The summed E-state index contributed by atoms with van der Waals surface area (Å²) in [5, 5.41) is 0. The number of aryl methyl sites for hydroxylation is 2. The molecule has 0 saturated heterocycles. The van der Waals surface area contributed by atoms with Crippen molar-refractivity contribution in [2.75, 3.05) is 0 Å². The normalized spacial score (nSPS) is 11.6. The highest BCUT2D eigenvalue weighted by atomic mass is 32.2. The van der Waals surface area contributed by atoms with Crippen LogP contribution >= 0.6 is 11.3 Å². The summed E-state index contributed by atoms with van der Waals surface area (Å²) in [5.74, 6) is 0.0583. The van der Waals surface area contributed by atoms with Crippen LogP contribution in [0, 0.1) is 13.8 Å². The number of carbonyl (C=O) groups is 1. The number of hydrogen-bond acceptors (Lipinski definition) is 5. The van der Waals surface area contributed by atoms with Crippen LogP contribution in [0.1, 0.15) is 31.4 Å². The largest absolute Gasteiger partial charge is 0.461 e. The van der Waals surface area contributed by atoms with Crippen molar-refractivity contribution >= 4 is 27.1 Å². The van der Waals surface area contributed by atoms with Crippen LogP contribution in [0.25, 0.3) is 0 Å². The fourth-order valence-corrected chi connectivity index (χ4v) is 4.68. The maximum Gasteiger partial charge on any atom is 0.241 e. The highest BCUT2D eigenvalue weighted by Crippen LogP contribution is 2.22. The van der Waals surface area contributed by atoms with Gasteiger partial charge in [0, 0.05) is 11.4 Å². The molecule has 2 aromatic heterocycles. The molecule has 3 rings (SSSR count). The molecular weight excluding hydrogens is 358 g/mol. The first-order valence-corrected chi connectivity index (χ1v) is 9.90. The molecule has 0 atom stereocenters. The van der Waals surface area contributed by atoms with E-state index in [1.807, 2.05) is 13.0 Å². The first-order valence-electron chi connectivity index (χ1n) is 7.60. The minimum absolute atomic E-state index is 0.131. The van der Waals surface area contributed by atoms with Crippen LogP contribution < -0.4 is 4.72 Å². The Bertz CT molecular complexity index is 1000. The van der Waals surface area contributed by atoms with Gasteiger partial charge in [0.15, 0.2) is 5.76 Å². The molecule has 0 saturated carbocycles. The van der Waals surface area contributed by atoms with Crippen LogP contribution in [0.5, 0.6) is 0 Å². The van der Waals surface area contributed by atoms with Crippen LogP contribution in [0.15, 0.2) is 58.0 Å². The lowest BCUT2D eigenvalue weighted by Crippen LogP contribution is -2.23. The van der Waals surface area contributed by atoms with Crippen LogP contribution in [0.3, 0.4) is 0 Å². The van der Waals surface area contributed by atoms with Crippen LogP contribution in [0.4, 0.5) is 0 Å². The van der Waals surface area contributed by atoms with Gasteiger partial charge in [0.25, 0.3) is 0 Å². The third-order valence-corrected chi connectivity index (χ3v) is 6.33. The number of nitrogens with one attached hydrogen (secondary N) is 1. The fraction of sp³-hybridized carbons (Fsp3) is 0.167. The molecule has 0 aliphatic heterocycles. The molecule has 0 aliphatic rings. The van der Waals surface area contributed by atoms with E-state index in [9.17, 15) is 13.2 Å². The molecule has 130 valence electrons. The summed E-state index contributed by atoms with van der Waals surface area (Å²) in [6.45, 7) is 3.75. The second-order valence-corrected chi connectivity index (χ2v) is 8.57. The lowest BCUT2D eigenvalue weighted by atomic mass is 10.2. The fourth-order valence-electron chi connectivity index (χ4n) is 2.36. The second kappa shape index (κ2) is 6.95. The van der Waals surface area contributed by atoms with Crippen molar-refractivity contribution in [1.82, 2.24) is 4.72 Å². The van der Waals surface area contributed by atoms with Crippen molar-refractivity contribution in [3.05, 3.63) is 75.4 Å². The minimum atomic E-state index is -3.61. The highest BCUT2D eigenvalue weighted by molar-refractivity contribution is 7.89. The Balaban J connectivity index is 1.74. The molecule has 7 heteroatoms. The van der Waals surface area contributed by atoms with Gasteiger partial charge in [-0.05, 0) is 55.3 Å². The summed E-state index contributed by atoms with van der Waals surface area (Å²) in [4.78, 5) is 13.7. The van der Waals surface area contributed by atoms with Gasteiger partial charge in [-0.25, -0.2) is 13.1 Å². The van der Waals surface area contributed by atoms with Gasteiger partial charge in [-0.15, -0.1) is 11.3 Å². The number of furan rings is 1. The van der Waals surface area contributed by atoms with Crippen molar-refractivity contribution in [1.29, 1.82) is 0 Å². The van der Waals surface area contributed by atoms with E-state index in [1.165, 1.54) is 17.6 Å². The van der Waals surface area contributed by atoms with Gasteiger partial charge in [-0.3, -0.25) is 4.79 Å². The number of carbonyl (C=O) groups excluding carboxylic acids is 1. The molecular formula is C18H17NO4S2. The molecule has 1 N–H and O–H groups in total. The monoisotopic (exact) mass is 375 g/mol. The maximum absolute atomic E-state index is 12.5. The number of hydrogen-bond donors (Lipinski definition) is 1. The van der Waals surface area contributed by atoms with E-state index in [2.05, 4.69) is 4.72 Å². The van der Waals surface area contributed by atoms with Crippen molar-refractivity contribution in [2.45, 2.75) is 25.3 Å². The zero-order valence-electron chi connectivity index (χ0n) is 13.8. The van der Waals surface area contributed by atoms with E-state index in [1.54, 1.807) is 43.3 Å². The molecule has 0 bridgehead atoms. The molecule has 1 aromatic carbocycles. The molecule has 0 radical (unpaired) electrons. The smallest absolute Gasteiger partial charge is 0.241 e. The van der Waals surface area contributed by atoms with Crippen LogP contribution in [0.2, 0.25) is 0 Å². The van der Waals surface area contributed by atoms with Crippen molar-refractivity contribution < 1.29 is 17.6 Å². The van der Waals surface area contributed by atoms with E-state index in [4.69, 9.17) is 4.42 Å². The number of rotatable bonds is 6. The lowest BCUT2D eigenvalue weighted by Gasteiger charge is -2.09. The molecule has 0 unspecified atom stereocenters. The van der Waals surface area contributed by atoms with Gasteiger partial charge in [0.2, 0.25) is 15.8 Å². The van der Waals surface area contributed by atoms with Crippen molar-refractivity contribution in [3.63, 3.8) is 0 Å². The molecule has 0 spiro atoms.